The average molecular weight is 306 g/mol. The Hall–Kier alpha value is -1.99. The maximum Gasteiger partial charge on any atom is 0.0122 e. The highest BCUT2D eigenvalue weighted by atomic mass is 32.2. The van der Waals surface area contributed by atoms with Gasteiger partial charge in [0, 0.05) is 9.79 Å². The summed E-state index contributed by atoms with van der Waals surface area (Å²) in [4.78, 5) is 2.59. The Morgan fingerprint density at radius 3 is 1.14 bits per heavy atom. The summed E-state index contributed by atoms with van der Waals surface area (Å²) >= 11 is 1.80. The standard InChI is InChI=1S/C14H14S.C7H8/c1-11-3-7-13(8-4-11)15-14-9-5-12(2)6-10-14;1-7-5-3-2-4-6-7/h3-10H,1-2H3;2-6H,1H3. The zero-order chi connectivity index (χ0) is 15.8. The summed E-state index contributed by atoms with van der Waals surface area (Å²) in [5.74, 6) is 0. The number of rotatable bonds is 2. The van der Waals surface area contributed by atoms with E-state index in [0.29, 0.717) is 0 Å². The summed E-state index contributed by atoms with van der Waals surface area (Å²) in [7, 11) is 0. The van der Waals surface area contributed by atoms with Crippen molar-refractivity contribution < 1.29 is 0 Å². The van der Waals surface area contributed by atoms with Crippen molar-refractivity contribution >= 4 is 11.8 Å². The number of hydrogen-bond acceptors (Lipinski definition) is 1. The molecule has 0 spiro atoms. The van der Waals surface area contributed by atoms with Crippen molar-refractivity contribution in [3.63, 3.8) is 0 Å². The molecule has 3 aromatic carbocycles. The van der Waals surface area contributed by atoms with Crippen molar-refractivity contribution in [2.75, 3.05) is 0 Å². The smallest absolute Gasteiger partial charge is 0.0122 e. The first-order chi connectivity index (χ1) is 10.6. The zero-order valence-corrected chi connectivity index (χ0v) is 14.2. The molecule has 0 amide bonds. The summed E-state index contributed by atoms with van der Waals surface area (Å²) in [6, 6.07) is 27.5. The number of aryl methyl sites for hydroxylation is 3. The molecule has 0 aliphatic carbocycles. The summed E-state index contributed by atoms with van der Waals surface area (Å²) in [5, 5.41) is 0. The lowest BCUT2D eigenvalue weighted by Crippen LogP contribution is -1.76. The molecule has 0 atom stereocenters. The van der Waals surface area contributed by atoms with E-state index in [0.717, 1.165) is 0 Å². The third-order valence-electron chi connectivity index (χ3n) is 3.22. The molecular formula is C21H22S. The summed E-state index contributed by atoms with van der Waals surface area (Å²) in [6.07, 6.45) is 0. The Balaban J connectivity index is 0.000000211. The fourth-order valence-corrected chi connectivity index (χ4v) is 2.70. The largest absolute Gasteiger partial charge is 0.0901 e. The van der Waals surface area contributed by atoms with Gasteiger partial charge in [-0.15, -0.1) is 0 Å². The van der Waals surface area contributed by atoms with Crippen molar-refractivity contribution in [1.29, 1.82) is 0 Å². The van der Waals surface area contributed by atoms with Crippen LogP contribution in [0.15, 0.2) is 88.7 Å². The van der Waals surface area contributed by atoms with Gasteiger partial charge in [-0.2, -0.15) is 0 Å². The Bertz CT molecular complexity index is 624. The first-order valence-electron chi connectivity index (χ1n) is 7.46. The Labute approximate surface area is 138 Å². The van der Waals surface area contributed by atoms with Crippen LogP contribution in [0.4, 0.5) is 0 Å². The van der Waals surface area contributed by atoms with Crippen LogP contribution in [0.1, 0.15) is 16.7 Å². The summed E-state index contributed by atoms with van der Waals surface area (Å²) in [6.45, 7) is 6.31. The molecular weight excluding hydrogens is 284 g/mol. The van der Waals surface area contributed by atoms with Crippen LogP contribution in [0.25, 0.3) is 0 Å². The lowest BCUT2D eigenvalue weighted by Gasteiger charge is -2.02. The van der Waals surface area contributed by atoms with Crippen LogP contribution in [0.2, 0.25) is 0 Å². The van der Waals surface area contributed by atoms with E-state index in [1.54, 1.807) is 11.8 Å². The van der Waals surface area contributed by atoms with E-state index in [9.17, 15) is 0 Å². The highest BCUT2D eigenvalue weighted by Crippen LogP contribution is 2.27. The minimum Gasteiger partial charge on any atom is -0.0901 e. The third-order valence-corrected chi connectivity index (χ3v) is 4.23. The predicted molar refractivity (Wildman–Crippen MR) is 97.7 cm³/mol. The van der Waals surface area contributed by atoms with E-state index < -0.39 is 0 Å². The quantitative estimate of drug-likeness (QED) is 0.524. The van der Waals surface area contributed by atoms with Crippen molar-refractivity contribution in [2.24, 2.45) is 0 Å². The van der Waals surface area contributed by atoms with E-state index in [-0.39, 0.29) is 0 Å². The minimum atomic E-state index is 1.30. The first-order valence-corrected chi connectivity index (χ1v) is 8.28. The molecule has 0 saturated heterocycles. The Kier molecular flexibility index (Phi) is 6.29. The maximum absolute atomic E-state index is 2.17. The van der Waals surface area contributed by atoms with Gasteiger partial charge in [0.2, 0.25) is 0 Å². The van der Waals surface area contributed by atoms with Gasteiger partial charge in [-0.25, -0.2) is 0 Å². The monoisotopic (exact) mass is 306 g/mol. The second-order valence-corrected chi connectivity index (χ2v) is 6.53. The summed E-state index contributed by atoms with van der Waals surface area (Å²) in [5.41, 5.74) is 3.94. The van der Waals surface area contributed by atoms with E-state index in [1.165, 1.54) is 26.5 Å². The Morgan fingerprint density at radius 2 is 0.818 bits per heavy atom. The van der Waals surface area contributed by atoms with Crippen LogP contribution in [0.5, 0.6) is 0 Å². The van der Waals surface area contributed by atoms with Gasteiger partial charge < -0.3 is 0 Å². The van der Waals surface area contributed by atoms with Crippen molar-refractivity contribution in [1.82, 2.24) is 0 Å². The highest BCUT2D eigenvalue weighted by molar-refractivity contribution is 7.99. The lowest BCUT2D eigenvalue weighted by atomic mass is 10.2. The van der Waals surface area contributed by atoms with Crippen molar-refractivity contribution in [2.45, 2.75) is 30.6 Å². The van der Waals surface area contributed by atoms with Crippen LogP contribution < -0.4 is 0 Å². The minimum absolute atomic E-state index is 1.30. The van der Waals surface area contributed by atoms with E-state index in [1.807, 2.05) is 18.2 Å². The molecule has 3 aromatic rings. The molecule has 0 N–H and O–H groups in total. The van der Waals surface area contributed by atoms with Gasteiger partial charge in [0.1, 0.15) is 0 Å². The molecule has 1 heteroatoms. The average Bonchev–Trinajstić information content (AvgIpc) is 2.53. The van der Waals surface area contributed by atoms with Crippen LogP contribution in [-0.2, 0) is 0 Å². The zero-order valence-electron chi connectivity index (χ0n) is 13.4. The molecule has 0 aromatic heterocycles. The van der Waals surface area contributed by atoms with Crippen LogP contribution >= 0.6 is 11.8 Å². The Morgan fingerprint density at radius 1 is 0.455 bits per heavy atom. The van der Waals surface area contributed by atoms with Crippen molar-refractivity contribution in [3.8, 4) is 0 Å². The normalized spacial score (nSPS) is 9.77. The van der Waals surface area contributed by atoms with Crippen molar-refractivity contribution in [3.05, 3.63) is 95.6 Å². The molecule has 0 saturated carbocycles. The lowest BCUT2D eigenvalue weighted by molar-refractivity contribution is 1.34. The SMILES string of the molecule is Cc1ccc(Sc2ccc(C)cc2)cc1.Cc1ccccc1. The second-order valence-electron chi connectivity index (χ2n) is 5.38. The molecule has 0 aliphatic heterocycles. The topological polar surface area (TPSA) is 0 Å². The van der Waals surface area contributed by atoms with Gasteiger partial charge in [-0.3, -0.25) is 0 Å². The van der Waals surface area contributed by atoms with Gasteiger partial charge in [0.25, 0.3) is 0 Å². The highest BCUT2D eigenvalue weighted by Gasteiger charge is 1.96. The maximum atomic E-state index is 2.17. The van der Waals surface area contributed by atoms with E-state index in [2.05, 4.69) is 81.4 Å². The molecule has 0 unspecified atom stereocenters. The third kappa shape index (κ3) is 5.79. The van der Waals surface area contributed by atoms with Crippen LogP contribution in [0.3, 0.4) is 0 Å². The molecule has 22 heavy (non-hydrogen) atoms. The van der Waals surface area contributed by atoms with Gasteiger partial charge in [-0.1, -0.05) is 83.0 Å². The fraction of sp³-hybridized carbons (Fsp3) is 0.143. The second kappa shape index (κ2) is 8.45. The molecule has 0 heterocycles. The molecule has 0 bridgehead atoms. The number of benzene rings is 3. The molecule has 0 nitrogen and oxygen atoms in total. The van der Waals surface area contributed by atoms with E-state index >= 15 is 0 Å². The summed E-state index contributed by atoms with van der Waals surface area (Å²) < 4.78 is 0. The fourth-order valence-electron chi connectivity index (χ4n) is 1.88. The van der Waals surface area contributed by atoms with Crippen LogP contribution in [0, 0.1) is 20.8 Å². The van der Waals surface area contributed by atoms with E-state index in [4.69, 9.17) is 0 Å². The molecule has 112 valence electrons. The van der Waals surface area contributed by atoms with Gasteiger partial charge >= 0.3 is 0 Å². The van der Waals surface area contributed by atoms with Gasteiger partial charge in [-0.05, 0) is 45.0 Å². The molecule has 0 radical (unpaired) electrons. The first kappa shape index (κ1) is 16.4. The van der Waals surface area contributed by atoms with Gasteiger partial charge in [0.15, 0.2) is 0 Å². The predicted octanol–water partition coefficient (Wildman–Crippen LogP) is 6.45. The molecule has 0 aliphatic rings. The van der Waals surface area contributed by atoms with Crippen LogP contribution in [-0.4, -0.2) is 0 Å². The van der Waals surface area contributed by atoms with Gasteiger partial charge in [0.05, 0.1) is 0 Å². The molecule has 0 fully saturated rings. The molecule has 3 rings (SSSR count). The number of hydrogen-bond donors (Lipinski definition) is 0.